The molecule has 6 nitrogen and oxygen atoms in total. The van der Waals surface area contributed by atoms with Gasteiger partial charge >= 0.3 is 11.9 Å². The molecule has 0 saturated carbocycles. The van der Waals surface area contributed by atoms with Crippen LogP contribution in [0.25, 0.3) is 0 Å². The van der Waals surface area contributed by atoms with Crippen LogP contribution in [0.3, 0.4) is 0 Å². The van der Waals surface area contributed by atoms with E-state index in [2.05, 4.69) is 0 Å². The van der Waals surface area contributed by atoms with E-state index in [1.54, 1.807) is 13.8 Å². The predicted octanol–water partition coefficient (Wildman–Crippen LogP) is 1.88. The lowest BCUT2D eigenvalue weighted by atomic mass is 10.1. The SMILES string of the molecule is CS/C=C/[C@@H]1OC(C)(C)O[C@@H]1[C@@H](COC(C)=O)OC(C)=O. The molecule has 1 fully saturated rings. The molecule has 0 N–H and O–H groups in total. The minimum absolute atomic E-state index is 0.0668. The van der Waals surface area contributed by atoms with Gasteiger partial charge in [0, 0.05) is 13.8 Å². The number of hydrogen-bond acceptors (Lipinski definition) is 7. The van der Waals surface area contributed by atoms with Crippen molar-refractivity contribution in [1.29, 1.82) is 0 Å². The van der Waals surface area contributed by atoms with Gasteiger partial charge in [0.25, 0.3) is 0 Å². The Bertz CT molecular complexity index is 406. The van der Waals surface area contributed by atoms with Gasteiger partial charge in [-0.15, -0.1) is 11.8 Å². The quantitative estimate of drug-likeness (QED) is 0.692. The lowest BCUT2D eigenvalue weighted by Crippen LogP contribution is -2.41. The second-order valence-corrected chi connectivity index (χ2v) is 5.82. The average molecular weight is 318 g/mol. The molecule has 0 spiro atoms. The first-order valence-corrected chi connectivity index (χ1v) is 7.89. The fourth-order valence-corrected chi connectivity index (χ4v) is 2.33. The van der Waals surface area contributed by atoms with Gasteiger partial charge in [0.1, 0.15) is 18.8 Å². The highest BCUT2D eigenvalue weighted by Gasteiger charge is 2.45. The first-order valence-electron chi connectivity index (χ1n) is 6.61. The van der Waals surface area contributed by atoms with Crippen LogP contribution >= 0.6 is 11.8 Å². The van der Waals surface area contributed by atoms with Crippen LogP contribution in [-0.4, -0.2) is 48.9 Å². The van der Waals surface area contributed by atoms with Crippen molar-refractivity contribution in [3.05, 3.63) is 11.5 Å². The second-order valence-electron chi connectivity index (χ2n) is 5.08. The van der Waals surface area contributed by atoms with Crippen LogP contribution in [0.4, 0.5) is 0 Å². The van der Waals surface area contributed by atoms with Crippen molar-refractivity contribution in [3.8, 4) is 0 Å². The molecular formula is C14H22O6S. The topological polar surface area (TPSA) is 71.1 Å². The van der Waals surface area contributed by atoms with E-state index >= 15 is 0 Å². The number of carbonyl (C=O) groups is 2. The molecule has 0 unspecified atom stereocenters. The lowest BCUT2D eigenvalue weighted by Gasteiger charge is -2.24. The van der Waals surface area contributed by atoms with Crippen molar-refractivity contribution in [2.45, 2.75) is 51.8 Å². The summed E-state index contributed by atoms with van der Waals surface area (Å²) in [5.74, 6) is -1.71. The van der Waals surface area contributed by atoms with Gasteiger partial charge in [0.15, 0.2) is 11.9 Å². The Balaban J connectivity index is 2.87. The molecule has 3 atom stereocenters. The van der Waals surface area contributed by atoms with Crippen LogP contribution in [-0.2, 0) is 28.5 Å². The molecule has 0 amide bonds. The normalized spacial score (nSPS) is 25.8. The molecule has 0 aromatic carbocycles. The summed E-state index contributed by atoms with van der Waals surface area (Å²) < 4.78 is 21.8. The van der Waals surface area contributed by atoms with Gasteiger partial charge in [0.2, 0.25) is 0 Å². The maximum Gasteiger partial charge on any atom is 0.303 e. The van der Waals surface area contributed by atoms with Crippen molar-refractivity contribution >= 4 is 23.7 Å². The fraction of sp³-hybridized carbons (Fsp3) is 0.714. The van der Waals surface area contributed by atoms with Gasteiger partial charge < -0.3 is 18.9 Å². The molecular weight excluding hydrogens is 296 g/mol. The van der Waals surface area contributed by atoms with Crippen molar-refractivity contribution in [2.75, 3.05) is 12.9 Å². The van der Waals surface area contributed by atoms with Crippen LogP contribution in [0.15, 0.2) is 11.5 Å². The molecule has 7 heteroatoms. The highest BCUT2D eigenvalue weighted by Crippen LogP contribution is 2.32. The Morgan fingerprint density at radius 1 is 1.29 bits per heavy atom. The van der Waals surface area contributed by atoms with E-state index in [9.17, 15) is 9.59 Å². The number of rotatable bonds is 6. The van der Waals surface area contributed by atoms with E-state index in [-0.39, 0.29) is 12.7 Å². The second kappa shape index (κ2) is 7.82. The summed E-state index contributed by atoms with van der Waals surface area (Å²) in [5.41, 5.74) is 0. The van der Waals surface area contributed by atoms with Crippen molar-refractivity contribution in [2.24, 2.45) is 0 Å². The van der Waals surface area contributed by atoms with E-state index in [0.29, 0.717) is 0 Å². The van der Waals surface area contributed by atoms with E-state index in [0.717, 1.165) is 0 Å². The summed E-state index contributed by atoms with van der Waals surface area (Å²) in [6.45, 7) is 6.09. The van der Waals surface area contributed by atoms with Crippen molar-refractivity contribution in [1.82, 2.24) is 0 Å². The molecule has 1 aliphatic heterocycles. The highest BCUT2D eigenvalue weighted by molar-refractivity contribution is 8.01. The minimum Gasteiger partial charge on any atom is -0.462 e. The minimum atomic E-state index is -0.799. The zero-order valence-electron chi connectivity index (χ0n) is 13.0. The van der Waals surface area contributed by atoms with Gasteiger partial charge in [0.05, 0.1) is 0 Å². The summed E-state index contributed by atoms with van der Waals surface area (Å²) in [7, 11) is 0. The molecule has 120 valence electrons. The zero-order chi connectivity index (χ0) is 16.0. The summed E-state index contributed by atoms with van der Waals surface area (Å²) in [6.07, 6.45) is 2.13. The lowest BCUT2D eigenvalue weighted by molar-refractivity contribution is -0.177. The number of carbonyl (C=O) groups excluding carboxylic acids is 2. The van der Waals surface area contributed by atoms with Gasteiger partial charge in [-0.3, -0.25) is 9.59 Å². The van der Waals surface area contributed by atoms with Crippen molar-refractivity contribution < 1.29 is 28.5 Å². The van der Waals surface area contributed by atoms with E-state index in [4.69, 9.17) is 18.9 Å². The highest BCUT2D eigenvalue weighted by atomic mass is 32.2. The van der Waals surface area contributed by atoms with E-state index in [1.165, 1.54) is 25.6 Å². The van der Waals surface area contributed by atoms with Gasteiger partial charge in [-0.2, -0.15) is 0 Å². The van der Waals surface area contributed by atoms with Gasteiger partial charge in [-0.1, -0.05) is 0 Å². The number of thioether (sulfide) groups is 1. The standard InChI is InChI=1S/C14H22O6S/c1-9(15)17-8-12(18-10(2)16)13-11(6-7-21-5)19-14(3,4)20-13/h6-7,11-13H,8H2,1-5H3/b7-6+/t11-,12+,13-/m0/s1. The molecule has 1 rings (SSSR count). The first-order chi connectivity index (χ1) is 9.75. The van der Waals surface area contributed by atoms with E-state index in [1.807, 2.05) is 17.7 Å². The monoisotopic (exact) mass is 318 g/mol. The summed E-state index contributed by atoms with van der Waals surface area (Å²) >= 11 is 1.53. The number of hydrogen-bond donors (Lipinski definition) is 0. The Hall–Kier alpha value is -1.05. The molecule has 1 aliphatic rings. The van der Waals surface area contributed by atoms with E-state index < -0.39 is 29.9 Å². The van der Waals surface area contributed by atoms with Gasteiger partial charge in [-0.05, 0) is 31.6 Å². The fourth-order valence-electron chi connectivity index (χ4n) is 2.02. The number of esters is 2. The third kappa shape index (κ3) is 6.07. The molecule has 0 aromatic rings. The smallest absolute Gasteiger partial charge is 0.303 e. The molecule has 21 heavy (non-hydrogen) atoms. The maximum atomic E-state index is 11.3. The van der Waals surface area contributed by atoms with Crippen LogP contribution in [0.5, 0.6) is 0 Å². The van der Waals surface area contributed by atoms with Crippen molar-refractivity contribution in [3.63, 3.8) is 0 Å². The molecule has 0 aliphatic carbocycles. The number of ether oxygens (including phenoxy) is 4. The van der Waals surface area contributed by atoms with Crippen LogP contribution < -0.4 is 0 Å². The summed E-state index contributed by atoms with van der Waals surface area (Å²) in [5, 5.41) is 1.87. The molecule has 0 aromatic heterocycles. The maximum absolute atomic E-state index is 11.3. The molecule has 0 bridgehead atoms. The van der Waals surface area contributed by atoms with Crippen LogP contribution in [0.2, 0.25) is 0 Å². The summed E-state index contributed by atoms with van der Waals surface area (Å²) in [6, 6.07) is 0. The third-order valence-electron chi connectivity index (χ3n) is 2.70. The Kier molecular flexibility index (Phi) is 6.70. The Morgan fingerprint density at radius 3 is 2.48 bits per heavy atom. The third-order valence-corrected chi connectivity index (χ3v) is 3.13. The first kappa shape index (κ1) is 18.0. The van der Waals surface area contributed by atoms with Gasteiger partial charge in [-0.25, -0.2) is 0 Å². The molecule has 0 radical (unpaired) electrons. The Labute approximate surface area is 129 Å². The van der Waals surface area contributed by atoms with Crippen LogP contribution in [0.1, 0.15) is 27.7 Å². The van der Waals surface area contributed by atoms with Crippen LogP contribution in [0, 0.1) is 0 Å². The average Bonchev–Trinajstić information content (AvgIpc) is 2.66. The molecule has 1 heterocycles. The largest absolute Gasteiger partial charge is 0.462 e. The Morgan fingerprint density at radius 2 is 1.95 bits per heavy atom. The predicted molar refractivity (Wildman–Crippen MR) is 78.7 cm³/mol. The molecule has 1 saturated heterocycles. The summed E-state index contributed by atoms with van der Waals surface area (Å²) in [4.78, 5) is 22.2. The zero-order valence-corrected chi connectivity index (χ0v) is 13.8.